The van der Waals surface area contributed by atoms with E-state index in [1.807, 2.05) is 36.5 Å². The zero-order chi connectivity index (χ0) is 15.5. The topological polar surface area (TPSA) is 33.5 Å². The largest absolute Gasteiger partial charge is 0.345 e. The molecule has 3 atom stereocenters. The van der Waals surface area contributed by atoms with Gasteiger partial charge in [-0.15, -0.1) is 11.3 Å². The van der Waals surface area contributed by atoms with Crippen molar-refractivity contribution in [1.29, 1.82) is 0 Å². The molecular formula is C18H23N2OS+. The van der Waals surface area contributed by atoms with Gasteiger partial charge in [0.15, 0.2) is 6.54 Å². The van der Waals surface area contributed by atoms with Crippen molar-refractivity contribution in [2.45, 2.75) is 32.4 Å². The van der Waals surface area contributed by atoms with Gasteiger partial charge in [-0.25, -0.2) is 0 Å². The predicted molar refractivity (Wildman–Crippen MR) is 90.1 cm³/mol. The highest BCUT2D eigenvalue weighted by atomic mass is 32.1. The van der Waals surface area contributed by atoms with Crippen molar-refractivity contribution in [1.82, 2.24) is 5.32 Å². The Morgan fingerprint density at radius 1 is 1.36 bits per heavy atom. The fourth-order valence-electron chi connectivity index (χ4n) is 3.22. The Morgan fingerprint density at radius 3 is 2.91 bits per heavy atom. The van der Waals surface area contributed by atoms with Gasteiger partial charge in [-0.05, 0) is 30.9 Å². The van der Waals surface area contributed by atoms with Gasteiger partial charge in [-0.3, -0.25) is 4.79 Å². The first-order chi connectivity index (χ1) is 10.6. The molecule has 0 fully saturated rings. The molecule has 2 heterocycles. The first-order valence-electron chi connectivity index (χ1n) is 7.90. The lowest BCUT2D eigenvalue weighted by Crippen LogP contribution is -3.14. The average molecular weight is 315 g/mol. The molecule has 3 nitrogen and oxygen atoms in total. The molecule has 116 valence electrons. The third-order valence-corrected chi connectivity index (χ3v) is 5.59. The second-order valence-corrected chi connectivity index (χ2v) is 7.06. The van der Waals surface area contributed by atoms with Gasteiger partial charge in [0.2, 0.25) is 0 Å². The number of carbonyl (C=O) groups is 1. The molecule has 0 aliphatic carbocycles. The van der Waals surface area contributed by atoms with E-state index in [9.17, 15) is 4.79 Å². The minimum absolute atomic E-state index is 0.0601. The van der Waals surface area contributed by atoms with Crippen LogP contribution in [0, 0.1) is 0 Å². The number of thiophene rings is 1. The lowest BCUT2D eigenvalue weighted by Gasteiger charge is -2.30. The molecule has 0 radical (unpaired) electrons. The molecule has 1 aromatic carbocycles. The molecule has 0 saturated heterocycles. The van der Waals surface area contributed by atoms with Crippen molar-refractivity contribution >= 4 is 17.2 Å². The van der Waals surface area contributed by atoms with E-state index in [1.165, 1.54) is 15.3 Å². The van der Waals surface area contributed by atoms with E-state index in [0.717, 1.165) is 18.5 Å². The van der Waals surface area contributed by atoms with E-state index in [2.05, 4.69) is 35.8 Å². The normalized spacial score (nSPS) is 21.9. The monoisotopic (exact) mass is 315 g/mol. The van der Waals surface area contributed by atoms with Crippen molar-refractivity contribution < 1.29 is 9.69 Å². The number of benzene rings is 1. The molecule has 0 spiro atoms. The Bertz CT molecular complexity index is 638. The van der Waals surface area contributed by atoms with Gasteiger partial charge in [0, 0.05) is 16.9 Å². The van der Waals surface area contributed by atoms with E-state index in [0.29, 0.717) is 12.6 Å². The zero-order valence-corrected chi connectivity index (χ0v) is 14.0. The third kappa shape index (κ3) is 3.23. The van der Waals surface area contributed by atoms with E-state index in [1.54, 1.807) is 0 Å². The van der Waals surface area contributed by atoms with Crippen LogP contribution in [0.1, 0.15) is 41.9 Å². The molecule has 1 aliphatic rings. The van der Waals surface area contributed by atoms with Crippen LogP contribution in [0.4, 0.5) is 0 Å². The summed E-state index contributed by atoms with van der Waals surface area (Å²) < 4.78 is 0. The molecule has 0 saturated carbocycles. The minimum atomic E-state index is 0.0601. The van der Waals surface area contributed by atoms with Crippen molar-refractivity contribution in [2.24, 2.45) is 0 Å². The Kier molecular flexibility index (Phi) is 4.60. The first-order valence-corrected chi connectivity index (χ1v) is 8.78. The number of rotatable bonds is 4. The molecule has 0 bridgehead atoms. The minimum Gasteiger partial charge on any atom is -0.345 e. The molecule has 4 heteroatoms. The van der Waals surface area contributed by atoms with Gasteiger partial charge >= 0.3 is 0 Å². The number of fused-ring (bicyclic) bond motifs is 1. The average Bonchev–Trinajstić information content (AvgIpc) is 3.00. The maximum Gasteiger partial charge on any atom is 0.275 e. The van der Waals surface area contributed by atoms with Crippen LogP contribution in [0.2, 0.25) is 0 Å². The van der Waals surface area contributed by atoms with Gasteiger partial charge in [0.25, 0.3) is 5.91 Å². The van der Waals surface area contributed by atoms with Crippen LogP contribution in [0.25, 0.3) is 0 Å². The van der Waals surface area contributed by atoms with Crippen molar-refractivity contribution in [3.8, 4) is 0 Å². The molecule has 2 aromatic rings. The first kappa shape index (κ1) is 15.3. The number of hydrogen-bond donors (Lipinski definition) is 2. The number of quaternary nitrogens is 1. The van der Waals surface area contributed by atoms with Crippen molar-refractivity contribution in [2.75, 3.05) is 13.1 Å². The summed E-state index contributed by atoms with van der Waals surface area (Å²) in [5, 5.41) is 5.29. The lowest BCUT2D eigenvalue weighted by molar-refractivity contribution is -0.924. The Balaban J connectivity index is 1.59. The molecule has 1 amide bonds. The van der Waals surface area contributed by atoms with Gasteiger partial charge in [0.05, 0.1) is 12.6 Å². The van der Waals surface area contributed by atoms with Crippen LogP contribution >= 0.6 is 11.3 Å². The number of carbonyl (C=O) groups excluding carboxylic acids is 1. The summed E-state index contributed by atoms with van der Waals surface area (Å²) in [6.07, 6.45) is 1.09. The highest BCUT2D eigenvalue weighted by molar-refractivity contribution is 7.10. The van der Waals surface area contributed by atoms with E-state index < -0.39 is 0 Å². The molecule has 3 rings (SSSR count). The van der Waals surface area contributed by atoms with Crippen LogP contribution in [0.3, 0.4) is 0 Å². The number of hydrogen-bond acceptors (Lipinski definition) is 2. The summed E-state index contributed by atoms with van der Waals surface area (Å²) in [6, 6.07) is 12.8. The maximum absolute atomic E-state index is 12.4. The van der Waals surface area contributed by atoms with Crippen LogP contribution < -0.4 is 10.2 Å². The highest BCUT2D eigenvalue weighted by Crippen LogP contribution is 2.24. The zero-order valence-electron chi connectivity index (χ0n) is 13.1. The highest BCUT2D eigenvalue weighted by Gasteiger charge is 2.29. The van der Waals surface area contributed by atoms with Gasteiger partial charge in [-0.1, -0.05) is 30.3 Å². The van der Waals surface area contributed by atoms with E-state index >= 15 is 0 Å². The summed E-state index contributed by atoms with van der Waals surface area (Å²) in [5.41, 5.74) is 2.58. The van der Waals surface area contributed by atoms with Crippen molar-refractivity contribution in [3.63, 3.8) is 0 Å². The Labute approximate surface area is 136 Å². The van der Waals surface area contributed by atoms with E-state index in [4.69, 9.17) is 0 Å². The smallest absolute Gasteiger partial charge is 0.275 e. The summed E-state index contributed by atoms with van der Waals surface area (Å²) in [6.45, 7) is 5.86. The fraction of sp³-hybridized carbons (Fsp3) is 0.389. The number of nitrogens with one attached hydrogen (secondary N) is 2. The molecular weight excluding hydrogens is 292 g/mol. The Morgan fingerprint density at radius 2 is 2.14 bits per heavy atom. The van der Waals surface area contributed by atoms with Crippen LogP contribution in [0.15, 0.2) is 41.8 Å². The summed E-state index contributed by atoms with van der Waals surface area (Å²) in [4.78, 5) is 15.2. The fourth-order valence-corrected chi connectivity index (χ4v) is 4.20. The van der Waals surface area contributed by atoms with Gasteiger partial charge in [-0.2, -0.15) is 0 Å². The van der Waals surface area contributed by atoms with Crippen LogP contribution in [-0.2, 0) is 11.2 Å². The SMILES string of the molecule is C[C@H](NC(=O)C[NH+]1CCc2sccc2[C@H]1C)c1ccccc1. The lowest BCUT2D eigenvalue weighted by atomic mass is 10.0. The Hall–Kier alpha value is -1.65. The summed E-state index contributed by atoms with van der Waals surface area (Å²) in [5.74, 6) is 0.136. The van der Waals surface area contributed by atoms with Gasteiger partial charge < -0.3 is 10.2 Å². The second-order valence-electron chi connectivity index (χ2n) is 6.06. The maximum atomic E-state index is 12.4. The molecule has 1 unspecified atom stereocenters. The molecule has 1 aliphatic heterocycles. The molecule has 22 heavy (non-hydrogen) atoms. The molecule has 2 N–H and O–H groups in total. The summed E-state index contributed by atoms with van der Waals surface area (Å²) >= 11 is 1.84. The van der Waals surface area contributed by atoms with E-state index in [-0.39, 0.29) is 11.9 Å². The predicted octanol–water partition coefficient (Wildman–Crippen LogP) is 2.13. The second kappa shape index (κ2) is 6.63. The summed E-state index contributed by atoms with van der Waals surface area (Å²) in [7, 11) is 0. The van der Waals surface area contributed by atoms with Crippen LogP contribution in [0.5, 0.6) is 0 Å². The number of amides is 1. The van der Waals surface area contributed by atoms with Crippen molar-refractivity contribution in [3.05, 3.63) is 57.8 Å². The third-order valence-electron chi connectivity index (χ3n) is 4.60. The standard InChI is InChI=1S/C18H22N2OS/c1-13(15-6-4-3-5-7-15)19-18(21)12-20-10-8-17-16(14(20)2)9-11-22-17/h3-7,9,11,13-14H,8,10,12H2,1-2H3,(H,19,21)/p+1/t13-,14+/m0/s1. The van der Waals surface area contributed by atoms with Crippen LogP contribution in [-0.4, -0.2) is 19.0 Å². The van der Waals surface area contributed by atoms with Gasteiger partial charge in [0.1, 0.15) is 6.04 Å². The molecule has 1 aromatic heterocycles. The quantitative estimate of drug-likeness (QED) is 0.890.